The quantitative estimate of drug-likeness (QED) is 0.395. The Hall–Kier alpha value is -3.31. The van der Waals surface area contributed by atoms with E-state index in [1.165, 1.54) is 19.1 Å². The summed E-state index contributed by atoms with van der Waals surface area (Å²) in [5.74, 6) is 2.72. The third-order valence-corrected chi connectivity index (χ3v) is 7.13. The Balaban J connectivity index is 0.00000320. The Kier molecular flexibility index (Phi) is 8.55. The number of furan rings is 1. The van der Waals surface area contributed by atoms with Crippen LogP contribution in [0.5, 0.6) is 17.2 Å². The fourth-order valence-electron chi connectivity index (χ4n) is 5.31. The van der Waals surface area contributed by atoms with Crippen LogP contribution in [-0.4, -0.2) is 83.4 Å². The first-order valence-electron chi connectivity index (χ1n) is 12.3. The summed E-state index contributed by atoms with van der Waals surface area (Å²) in [5, 5.41) is 13.0. The number of rotatable bonds is 8. The second-order valence-corrected chi connectivity index (χ2v) is 9.09. The number of carbonyl (C=O) groups excluding carboxylic acids is 1. The number of piperazine rings is 1. The molecule has 37 heavy (non-hydrogen) atoms. The zero-order valence-corrected chi connectivity index (χ0v) is 22.1. The van der Waals surface area contributed by atoms with E-state index in [0.29, 0.717) is 49.2 Å². The number of hydrogen-bond donors (Lipinski definition) is 0. The molecule has 1 atom stereocenters. The molecule has 200 valence electrons. The Labute approximate surface area is 222 Å². The van der Waals surface area contributed by atoms with Gasteiger partial charge in [-0.25, -0.2) is 4.68 Å². The molecule has 2 aromatic heterocycles. The van der Waals surface area contributed by atoms with Crippen LogP contribution in [0.15, 0.2) is 34.9 Å². The Bertz CT molecular complexity index is 1150. The van der Waals surface area contributed by atoms with Gasteiger partial charge < -0.3 is 35.9 Å². The molecule has 2 aliphatic rings. The van der Waals surface area contributed by atoms with E-state index in [1.807, 2.05) is 21.7 Å². The van der Waals surface area contributed by atoms with Crippen LogP contribution in [0, 0.1) is 0 Å². The highest BCUT2D eigenvalue weighted by Crippen LogP contribution is 2.43. The summed E-state index contributed by atoms with van der Waals surface area (Å²) in [6.07, 6.45) is 5.99. The minimum atomic E-state index is -0.254. The van der Waals surface area contributed by atoms with E-state index in [4.69, 9.17) is 18.6 Å². The highest BCUT2D eigenvalue weighted by molar-refractivity contribution is 5.91. The molecule has 1 unspecified atom stereocenters. The number of ether oxygens (including phenoxy) is 3. The monoisotopic (exact) mass is 531 g/mol. The maximum Gasteiger partial charge on any atom is 0.289 e. The molecule has 1 aliphatic carbocycles. The molecule has 11 nitrogen and oxygen atoms in total. The van der Waals surface area contributed by atoms with Gasteiger partial charge in [0.05, 0.1) is 39.7 Å². The normalized spacial score (nSPS) is 17.3. The Morgan fingerprint density at radius 1 is 1.03 bits per heavy atom. The third kappa shape index (κ3) is 5.24. The molecule has 1 aromatic carbocycles. The molecule has 0 bridgehead atoms. The second kappa shape index (κ2) is 11.8. The average Bonchev–Trinajstić information content (AvgIpc) is 3.71. The van der Waals surface area contributed by atoms with Crippen molar-refractivity contribution in [2.75, 3.05) is 47.5 Å². The lowest BCUT2D eigenvalue weighted by molar-refractivity contribution is -0.0000193. The summed E-state index contributed by atoms with van der Waals surface area (Å²) in [6, 6.07) is 7.37. The zero-order chi connectivity index (χ0) is 25.1. The molecule has 1 aliphatic heterocycles. The van der Waals surface area contributed by atoms with E-state index in [-0.39, 0.29) is 30.4 Å². The Morgan fingerprint density at radius 3 is 2.27 bits per heavy atom. The van der Waals surface area contributed by atoms with Gasteiger partial charge in [0, 0.05) is 26.2 Å². The number of carbonyl (C=O) groups is 1. The molecule has 1 saturated heterocycles. The fraction of sp³-hybridized carbons (Fsp3) is 0.520. The summed E-state index contributed by atoms with van der Waals surface area (Å²) in [7, 11) is 4.81. The predicted octanol–water partition coefficient (Wildman–Crippen LogP) is -0.0416. The van der Waals surface area contributed by atoms with Crippen LogP contribution in [0.2, 0.25) is 0 Å². The van der Waals surface area contributed by atoms with Crippen molar-refractivity contribution in [3.8, 4) is 17.2 Å². The van der Waals surface area contributed by atoms with Gasteiger partial charge in [0.2, 0.25) is 5.75 Å². The van der Waals surface area contributed by atoms with E-state index in [1.54, 1.807) is 33.5 Å². The van der Waals surface area contributed by atoms with Gasteiger partial charge in [-0.15, -0.1) is 5.10 Å². The molecule has 1 amide bonds. The number of halogens is 1. The van der Waals surface area contributed by atoms with Gasteiger partial charge in [-0.05, 0) is 53.1 Å². The van der Waals surface area contributed by atoms with Crippen LogP contribution in [-0.2, 0) is 0 Å². The minimum absolute atomic E-state index is 0. The van der Waals surface area contributed by atoms with Crippen LogP contribution in [0.25, 0.3) is 0 Å². The second-order valence-electron chi connectivity index (χ2n) is 9.09. The van der Waals surface area contributed by atoms with Crippen LogP contribution in [0.4, 0.5) is 0 Å². The van der Waals surface area contributed by atoms with Gasteiger partial charge in [-0.2, -0.15) is 0 Å². The molecule has 0 spiro atoms. The first-order valence-corrected chi connectivity index (χ1v) is 12.3. The first-order chi connectivity index (χ1) is 17.6. The minimum Gasteiger partial charge on any atom is -1.00 e. The molecular weight excluding hydrogens is 500 g/mol. The number of amides is 1. The predicted molar refractivity (Wildman–Crippen MR) is 129 cm³/mol. The van der Waals surface area contributed by atoms with E-state index >= 15 is 0 Å². The lowest BCUT2D eigenvalue weighted by atomic mass is 10.0. The topological polar surface area (TPSA) is 108 Å². The third-order valence-electron chi connectivity index (χ3n) is 7.13. The molecule has 5 rings (SSSR count). The maximum absolute atomic E-state index is 12.8. The summed E-state index contributed by atoms with van der Waals surface area (Å²) >= 11 is 0. The number of methoxy groups -OCH3 is 3. The summed E-state index contributed by atoms with van der Waals surface area (Å²) in [4.78, 5) is 17.0. The maximum atomic E-state index is 12.8. The summed E-state index contributed by atoms with van der Waals surface area (Å²) < 4.78 is 24.2. The molecule has 0 N–H and O–H groups in total. The number of hydrogen-bond acceptors (Lipinski definition) is 9. The van der Waals surface area contributed by atoms with E-state index < -0.39 is 0 Å². The van der Waals surface area contributed by atoms with Crippen molar-refractivity contribution >= 4 is 5.91 Å². The standard InChI is InChI=1S/C25H32N6O5.ClH/c1-33-20-15-17(16-21(34-2)23(20)35-3)22(24-26-27-28-31(24)18-7-4-5-8-18)29-10-12-30(13-11-29)25(32)19-9-6-14-36-19;/h6,9,14-16,18,22H,4-5,7-8,10-13H2,1-3H3;1H/p-1. The van der Waals surface area contributed by atoms with Crippen molar-refractivity contribution in [1.29, 1.82) is 0 Å². The molecule has 3 aromatic rings. The number of benzene rings is 1. The van der Waals surface area contributed by atoms with Gasteiger partial charge in [0.25, 0.3) is 5.91 Å². The van der Waals surface area contributed by atoms with Gasteiger partial charge in [-0.1, -0.05) is 12.8 Å². The van der Waals surface area contributed by atoms with Gasteiger partial charge >= 0.3 is 0 Å². The lowest BCUT2D eigenvalue weighted by Crippen LogP contribution is -3.00. The summed E-state index contributed by atoms with van der Waals surface area (Å²) in [5.41, 5.74) is 0.935. The van der Waals surface area contributed by atoms with Gasteiger partial charge in [0.15, 0.2) is 23.1 Å². The largest absolute Gasteiger partial charge is 1.00 e. The molecule has 12 heteroatoms. The zero-order valence-electron chi connectivity index (χ0n) is 21.3. The van der Waals surface area contributed by atoms with Crippen LogP contribution in [0.3, 0.4) is 0 Å². The fourth-order valence-corrected chi connectivity index (χ4v) is 5.31. The first kappa shape index (κ1) is 26.7. The lowest BCUT2D eigenvalue weighted by Gasteiger charge is -2.39. The van der Waals surface area contributed by atoms with Crippen molar-refractivity contribution in [3.63, 3.8) is 0 Å². The molecule has 3 heterocycles. The highest BCUT2D eigenvalue weighted by Gasteiger charge is 2.35. The van der Waals surface area contributed by atoms with Crippen molar-refractivity contribution in [1.82, 2.24) is 30.0 Å². The smallest absolute Gasteiger partial charge is 0.289 e. The molecule has 1 saturated carbocycles. The number of tetrazole rings is 1. The molecule has 2 fully saturated rings. The van der Waals surface area contributed by atoms with E-state index in [2.05, 4.69) is 20.4 Å². The Morgan fingerprint density at radius 2 is 1.70 bits per heavy atom. The SMILES string of the molecule is COc1cc(C(c2nnnn2C2CCCC2)N2CCN(C(=O)c3ccco3)CC2)cc(OC)c1OC.[Cl-]. The van der Waals surface area contributed by atoms with Crippen LogP contribution >= 0.6 is 0 Å². The van der Waals surface area contributed by atoms with Crippen molar-refractivity contribution in [2.24, 2.45) is 0 Å². The van der Waals surface area contributed by atoms with E-state index in [0.717, 1.165) is 24.2 Å². The van der Waals surface area contributed by atoms with Crippen LogP contribution < -0.4 is 26.6 Å². The summed E-state index contributed by atoms with van der Waals surface area (Å²) in [6.45, 7) is 2.41. The van der Waals surface area contributed by atoms with Crippen molar-refractivity contribution < 1.29 is 35.8 Å². The van der Waals surface area contributed by atoms with Crippen molar-refractivity contribution in [3.05, 3.63) is 47.7 Å². The van der Waals surface area contributed by atoms with Gasteiger partial charge in [-0.3, -0.25) is 9.69 Å². The van der Waals surface area contributed by atoms with Gasteiger partial charge in [0.1, 0.15) is 0 Å². The van der Waals surface area contributed by atoms with Crippen molar-refractivity contribution in [2.45, 2.75) is 37.8 Å². The number of aromatic nitrogens is 4. The highest BCUT2D eigenvalue weighted by atomic mass is 35.5. The molecular formula is C25H32ClN6O5-. The molecule has 0 radical (unpaired) electrons. The number of nitrogens with zero attached hydrogens (tertiary/aromatic N) is 6. The van der Waals surface area contributed by atoms with Crippen LogP contribution in [0.1, 0.15) is 59.7 Å². The average molecular weight is 532 g/mol. The van der Waals surface area contributed by atoms with E-state index in [9.17, 15) is 4.79 Å².